The molecule has 0 aliphatic heterocycles. The molecule has 0 aromatic rings. The minimum atomic E-state index is 1.18. The van der Waals surface area contributed by atoms with Crippen LogP contribution in [0.15, 0.2) is 11.0 Å². The number of rotatable bonds is 2. The van der Waals surface area contributed by atoms with Gasteiger partial charge < -0.3 is 0 Å². The van der Waals surface area contributed by atoms with Crippen LogP contribution in [0.3, 0.4) is 0 Å². The van der Waals surface area contributed by atoms with Crippen molar-refractivity contribution in [3.05, 3.63) is 11.0 Å². The maximum atomic E-state index is 2.17. The highest BCUT2D eigenvalue weighted by atomic mass is 32.2. The molecule has 1 heteroatoms. The summed E-state index contributed by atoms with van der Waals surface area (Å²) in [5, 5.41) is 0. The van der Waals surface area contributed by atoms with Crippen molar-refractivity contribution >= 4 is 11.8 Å². The topological polar surface area (TPSA) is 0 Å². The summed E-state index contributed by atoms with van der Waals surface area (Å²) >= 11 is 1.83. The predicted molar refractivity (Wildman–Crippen MR) is 37.6 cm³/mol. The first-order valence-corrected chi connectivity index (χ1v) is 3.76. The lowest BCUT2D eigenvalue weighted by atomic mass is 10.4. The second kappa shape index (κ2) is 4.25. The highest BCUT2D eigenvalue weighted by Gasteiger charge is 1.82. The smallest absolute Gasteiger partial charge is 0.0140 e. The van der Waals surface area contributed by atoms with Crippen molar-refractivity contribution in [1.29, 1.82) is 0 Å². The molecule has 0 fully saturated rings. The summed E-state index contributed by atoms with van der Waals surface area (Å²) in [4.78, 5) is 1.47. The minimum absolute atomic E-state index is 1.18. The van der Waals surface area contributed by atoms with Crippen LogP contribution >= 0.6 is 11.8 Å². The van der Waals surface area contributed by atoms with Crippen molar-refractivity contribution in [2.45, 2.75) is 20.3 Å². The first kappa shape index (κ1) is 7.09. The Bertz CT molecular complexity index is 58.6. The summed E-state index contributed by atoms with van der Waals surface area (Å²) in [6, 6.07) is 0. The Morgan fingerprint density at radius 3 is 2.29 bits per heavy atom. The number of allylic oxidation sites excluding steroid dienone is 2. The summed E-state index contributed by atoms with van der Waals surface area (Å²) in [7, 11) is 0. The molecule has 42 valence electrons. The summed E-state index contributed by atoms with van der Waals surface area (Å²) in [6.45, 7) is 4.25. The van der Waals surface area contributed by atoms with Crippen molar-refractivity contribution in [1.82, 2.24) is 0 Å². The molecule has 0 aromatic carbocycles. The van der Waals surface area contributed by atoms with Gasteiger partial charge in [0, 0.05) is 0 Å². The maximum absolute atomic E-state index is 2.17. The van der Waals surface area contributed by atoms with E-state index in [2.05, 4.69) is 26.2 Å². The molecule has 0 aliphatic rings. The Hall–Kier alpha value is 0.0900. The van der Waals surface area contributed by atoms with Gasteiger partial charge in [-0.15, -0.1) is 11.8 Å². The van der Waals surface area contributed by atoms with Crippen LogP contribution in [0, 0.1) is 0 Å². The van der Waals surface area contributed by atoms with Crippen LogP contribution in [0.2, 0.25) is 0 Å². The van der Waals surface area contributed by atoms with E-state index in [1.54, 1.807) is 0 Å². The van der Waals surface area contributed by atoms with Crippen molar-refractivity contribution < 1.29 is 0 Å². The Morgan fingerprint density at radius 1 is 1.71 bits per heavy atom. The van der Waals surface area contributed by atoms with Gasteiger partial charge >= 0.3 is 0 Å². The van der Waals surface area contributed by atoms with Crippen molar-refractivity contribution in [3.8, 4) is 0 Å². The molecule has 7 heavy (non-hydrogen) atoms. The summed E-state index contributed by atoms with van der Waals surface area (Å²) in [5.74, 6) is 0. The first-order valence-electron chi connectivity index (χ1n) is 2.54. The molecule has 0 amide bonds. The van der Waals surface area contributed by atoms with E-state index in [0.29, 0.717) is 0 Å². The fourth-order valence-electron chi connectivity index (χ4n) is 0.466. The molecular formula is C6H12S. The fourth-order valence-corrected chi connectivity index (χ4v) is 0.991. The van der Waals surface area contributed by atoms with Gasteiger partial charge in [-0.3, -0.25) is 0 Å². The molecule has 0 aliphatic carbocycles. The van der Waals surface area contributed by atoms with Gasteiger partial charge in [-0.2, -0.15) is 0 Å². The molecule has 0 radical (unpaired) electrons. The van der Waals surface area contributed by atoms with Crippen LogP contribution in [-0.4, -0.2) is 6.26 Å². The third-order valence-corrected chi connectivity index (χ3v) is 1.98. The Balaban J connectivity index is 3.38. The molecule has 0 saturated carbocycles. The first-order chi connectivity index (χ1) is 3.35. The predicted octanol–water partition coefficient (Wildman–Crippen LogP) is 2.66. The molecule has 0 unspecified atom stereocenters. The van der Waals surface area contributed by atoms with E-state index < -0.39 is 0 Å². The molecule has 0 N–H and O–H groups in total. The van der Waals surface area contributed by atoms with E-state index in [0.717, 1.165) is 0 Å². The Kier molecular flexibility index (Phi) is 4.31. The minimum Gasteiger partial charge on any atom is -0.134 e. The van der Waals surface area contributed by atoms with E-state index in [1.807, 2.05) is 11.8 Å². The highest BCUT2D eigenvalue weighted by molar-refractivity contribution is 8.02. The molecule has 0 bridgehead atoms. The van der Waals surface area contributed by atoms with Gasteiger partial charge in [-0.1, -0.05) is 13.0 Å². The summed E-state index contributed by atoms with van der Waals surface area (Å²) in [5.41, 5.74) is 0. The molecule has 0 atom stereocenters. The monoisotopic (exact) mass is 116 g/mol. The Labute approximate surface area is 50.0 Å². The molecule has 0 rings (SSSR count). The van der Waals surface area contributed by atoms with Crippen LogP contribution < -0.4 is 0 Å². The number of hydrogen-bond acceptors (Lipinski definition) is 1. The fraction of sp³-hybridized carbons (Fsp3) is 0.667. The lowest BCUT2D eigenvalue weighted by molar-refractivity contribution is 1.19. The van der Waals surface area contributed by atoms with Crippen molar-refractivity contribution in [2.24, 2.45) is 0 Å². The summed E-state index contributed by atoms with van der Waals surface area (Å²) < 4.78 is 0. The average Bonchev–Trinajstić information content (AvgIpc) is 1.72. The third kappa shape index (κ3) is 2.75. The Morgan fingerprint density at radius 2 is 2.29 bits per heavy atom. The van der Waals surface area contributed by atoms with Crippen LogP contribution in [0.5, 0.6) is 0 Å². The van der Waals surface area contributed by atoms with E-state index in [9.17, 15) is 0 Å². The second-order valence-electron chi connectivity index (χ2n) is 1.31. The average molecular weight is 116 g/mol. The number of hydrogen-bond donors (Lipinski definition) is 0. The van der Waals surface area contributed by atoms with Crippen LogP contribution in [-0.2, 0) is 0 Å². The zero-order valence-electron chi connectivity index (χ0n) is 5.19. The quantitative estimate of drug-likeness (QED) is 0.534. The molecular weight excluding hydrogens is 104 g/mol. The zero-order valence-corrected chi connectivity index (χ0v) is 6.01. The molecule has 0 aromatic heterocycles. The third-order valence-electron chi connectivity index (χ3n) is 0.933. The highest BCUT2D eigenvalue weighted by Crippen LogP contribution is 2.13. The standard InChI is InChI=1S/C6H12S/c1-4-6(5-2)7-3/h4H,5H2,1-3H3/b6-4-. The van der Waals surface area contributed by atoms with Gasteiger partial charge in [-0.25, -0.2) is 0 Å². The lowest BCUT2D eigenvalue weighted by Crippen LogP contribution is -1.66. The van der Waals surface area contributed by atoms with Gasteiger partial charge in [0.15, 0.2) is 0 Å². The van der Waals surface area contributed by atoms with Gasteiger partial charge in [0.2, 0.25) is 0 Å². The second-order valence-corrected chi connectivity index (χ2v) is 2.25. The van der Waals surface area contributed by atoms with E-state index in [-0.39, 0.29) is 0 Å². The van der Waals surface area contributed by atoms with Crippen molar-refractivity contribution in [3.63, 3.8) is 0 Å². The van der Waals surface area contributed by atoms with Gasteiger partial charge in [0.25, 0.3) is 0 Å². The van der Waals surface area contributed by atoms with Gasteiger partial charge in [0.05, 0.1) is 0 Å². The normalized spacial score (nSPS) is 12.1. The molecule has 0 saturated heterocycles. The largest absolute Gasteiger partial charge is 0.134 e. The van der Waals surface area contributed by atoms with Crippen LogP contribution in [0.4, 0.5) is 0 Å². The van der Waals surface area contributed by atoms with E-state index in [4.69, 9.17) is 0 Å². The summed E-state index contributed by atoms with van der Waals surface area (Å²) in [6.07, 6.45) is 5.45. The molecule has 0 heterocycles. The molecule has 0 nitrogen and oxygen atoms in total. The van der Waals surface area contributed by atoms with Crippen molar-refractivity contribution in [2.75, 3.05) is 6.26 Å². The van der Waals surface area contributed by atoms with E-state index >= 15 is 0 Å². The zero-order chi connectivity index (χ0) is 5.70. The number of thioether (sulfide) groups is 1. The maximum Gasteiger partial charge on any atom is -0.0140 e. The van der Waals surface area contributed by atoms with Crippen LogP contribution in [0.1, 0.15) is 20.3 Å². The van der Waals surface area contributed by atoms with E-state index in [1.165, 1.54) is 11.3 Å². The molecule has 0 spiro atoms. The van der Waals surface area contributed by atoms with Gasteiger partial charge in [0.1, 0.15) is 0 Å². The SMILES string of the molecule is C/C=C(/CC)SC. The van der Waals surface area contributed by atoms with Crippen LogP contribution in [0.25, 0.3) is 0 Å². The lowest BCUT2D eigenvalue weighted by Gasteiger charge is -1.92. The van der Waals surface area contributed by atoms with Gasteiger partial charge in [-0.05, 0) is 24.5 Å².